The van der Waals surface area contributed by atoms with Crippen molar-refractivity contribution in [3.8, 4) is 11.8 Å². The summed E-state index contributed by atoms with van der Waals surface area (Å²) < 4.78 is 11.5. The number of likely N-dealkylation sites (N-methyl/N-ethyl adjacent to an activating group) is 1. The summed E-state index contributed by atoms with van der Waals surface area (Å²) in [6.45, 7) is 6.29. The number of rotatable bonds is 18. The maximum absolute atomic E-state index is 13.4. The first-order chi connectivity index (χ1) is 32.9. The number of benzene rings is 2. The SMILES string of the molecule is CC[C@@H]1C(=O)N(C)c2cnc(Nc3ccc(C(=O)NC4CCN(CCOCCNCC(=O)Nc5cccc6c5CN(C5CCC(=O)NC5=O)C6=O)CC4)cc3OC)nc2N1Cc1ccc(C#N)s1. The van der Waals surface area contributed by atoms with Crippen LogP contribution in [0, 0.1) is 11.3 Å². The molecule has 4 aliphatic rings. The van der Waals surface area contributed by atoms with Crippen LogP contribution in [0.25, 0.3) is 0 Å². The fourth-order valence-corrected chi connectivity index (χ4v) is 9.74. The van der Waals surface area contributed by atoms with Crippen molar-refractivity contribution in [1.29, 1.82) is 5.26 Å². The molecular weight excluding hydrogens is 893 g/mol. The Hall–Kier alpha value is -6.99. The molecule has 4 aliphatic heterocycles. The van der Waals surface area contributed by atoms with E-state index in [0.717, 1.165) is 37.4 Å². The molecular formula is C47H54N12O8S. The Morgan fingerprint density at radius 2 is 1.85 bits per heavy atom. The molecule has 20 nitrogen and oxygen atoms in total. The molecule has 8 rings (SSSR count). The second-order valence-electron chi connectivity index (χ2n) is 16.9. The maximum Gasteiger partial charge on any atom is 0.255 e. The molecule has 0 spiro atoms. The van der Waals surface area contributed by atoms with E-state index < -0.39 is 18.0 Å². The molecule has 2 aromatic heterocycles. The number of methoxy groups -OCH3 is 1. The third kappa shape index (κ3) is 10.6. The Bertz CT molecular complexity index is 2630. The van der Waals surface area contributed by atoms with Crippen molar-refractivity contribution in [1.82, 2.24) is 35.7 Å². The second kappa shape index (κ2) is 21.3. The van der Waals surface area contributed by atoms with Gasteiger partial charge >= 0.3 is 0 Å². The molecule has 356 valence electrons. The number of nitriles is 1. The molecule has 6 heterocycles. The lowest BCUT2D eigenvalue weighted by molar-refractivity contribution is -0.137. The molecule has 2 atom stereocenters. The van der Waals surface area contributed by atoms with Crippen LogP contribution < -0.4 is 41.1 Å². The Balaban J connectivity index is 0.745. The number of carbonyl (C=O) groups is 6. The van der Waals surface area contributed by atoms with Crippen molar-refractivity contribution in [2.45, 2.75) is 70.2 Å². The quantitative estimate of drug-likeness (QED) is 0.0711. The number of fused-ring (bicyclic) bond motifs is 2. The van der Waals surface area contributed by atoms with Gasteiger partial charge in [0.15, 0.2) is 5.82 Å². The van der Waals surface area contributed by atoms with Crippen molar-refractivity contribution < 1.29 is 38.2 Å². The van der Waals surface area contributed by atoms with Crippen LogP contribution in [0.4, 0.5) is 28.8 Å². The van der Waals surface area contributed by atoms with E-state index >= 15 is 0 Å². The van der Waals surface area contributed by atoms with E-state index in [-0.39, 0.29) is 67.5 Å². The minimum atomic E-state index is -0.735. The topological polar surface area (TPSA) is 244 Å². The van der Waals surface area contributed by atoms with E-state index in [9.17, 15) is 34.0 Å². The van der Waals surface area contributed by atoms with Crippen LogP contribution >= 0.6 is 11.3 Å². The van der Waals surface area contributed by atoms with Gasteiger partial charge in [-0.25, -0.2) is 4.98 Å². The van der Waals surface area contributed by atoms with Gasteiger partial charge in [0, 0.05) is 79.5 Å². The van der Waals surface area contributed by atoms with Crippen molar-refractivity contribution in [3.63, 3.8) is 0 Å². The lowest BCUT2D eigenvalue weighted by atomic mass is 10.0. The molecule has 1 unspecified atom stereocenters. The number of nitrogens with one attached hydrogen (secondary N) is 5. The number of nitrogens with zero attached hydrogens (tertiary/aromatic N) is 7. The predicted molar refractivity (Wildman–Crippen MR) is 253 cm³/mol. The summed E-state index contributed by atoms with van der Waals surface area (Å²) in [6.07, 6.45) is 4.17. The molecule has 4 aromatic rings. The van der Waals surface area contributed by atoms with Gasteiger partial charge in [-0.3, -0.25) is 34.1 Å². The number of hydrogen-bond acceptors (Lipinski definition) is 16. The fourth-order valence-electron chi connectivity index (χ4n) is 8.93. The van der Waals surface area contributed by atoms with Gasteiger partial charge < -0.3 is 50.3 Å². The van der Waals surface area contributed by atoms with Crippen LogP contribution in [0.2, 0.25) is 0 Å². The number of amides is 6. The number of ether oxygens (including phenoxy) is 2. The average molecular weight is 947 g/mol. The highest BCUT2D eigenvalue weighted by Crippen LogP contribution is 2.38. The predicted octanol–water partition coefficient (Wildman–Crippen LogP) is 3.12. The van der Waals surface area contributed by atoms with Crippen LogP contribution in [-0.4, -0.2) is 133 Å². The summed E-state index contributed by atoms with van der Waals surface area (Å²) in [7, 11) is 3.24. The Kier molecular flexibility index (Phi) is 14.9. The summed E-state index contributed by atoms with van der Waals surface area (Å²) in [4.78, 5) is 94.8. The maximum atomic E-state index is 13.4. The molecule has 21 heteroatoms. The first kappa shape index (κ1) is 47.5. The highest BCUT2D eigenvalue weighted by molar-refractivity contribution is 7.12. The smallest absolute Gasteiger partial charge is 0.255 e. The van der Waals surface area contributed by atoms with Gasteiger partial charge in [-0.2, -0.15) is 10.2 Å². The molecule has 2 saturated heterocycles. The number of anilines is 5. The highest BCUT2D eigenvalue weighted by atomic mass is 32.1. The summed E-state index contributed by atoms with van der Waals surface area (Å²) in [5, 5.41) is 24.0. The van der Waals surface area contributed by atoms with Crippen molar-refractivity contribution in [2.75, 3.05) is 80.5 Å². The normalized spacial score (nSPS) is 18.5. The third-order valence-electron chi connectivity index (χ3n) is 12.6. The lowest BCUT2D eigenvalue weighted by Gasteiger charge is -2.40. The largest absolute Gasteiger partial charge is 0.495 e. The third-order valence-corrected chi connectivity index (χ3v) is 13.6. The summed E-state index contributed by atoms with van der Waals surface area (Å²) >= 11 is 1.38. The number of carbonyl (C=O) groups excluding carboxylic acids is 6. The number of thiophene rings is 1. The van der Waals surface area contributed by atoms with Gasteiger partial charge in [-0.1, -0.05) is 13.0 Å². The van der Waals surface area contributed by atoms with Crippen molar-refractivity contribution >= 4 is 75.6 Å². The average Bonchev–Trinajstić information content (AvgIpc) is 3.94. The van der Waals surface area contributed by atoms with Gasteiger partial charge in [-0.05, 0) is 68.1 Å². The van der Waals surface area contributed by atoms with E-state index in [4.69, 9.17) is 14.5 Å². The number of piperidine rings is 2. The van der Waals surface area contributed by atoms with Gasteiger partial charge in [0.2, 0.25) is 29.6 Å². The van der Waals surface area contributed by atoms with E-state index in [2.05, 4.69) is 42.5 Å². The summed E-state index contributed by atoms with van der Waals surface area (Å²) in [5.41, 5.74) is 3.16. The Morgan fingerprint density at radius 3 is 2.60 bits per heavy atom. The zero-order chi connectivity index (χ0) is 47.9. The lowest BCUT2D eigenvalue weighted by Crippen LogP contribution is -2.52. The number of likely N-dealkylation sites (tertiary alicyclic amines) is 1. The standard InChI is InChI=1S/C47H54N12O8S/c1-4-36-46(65)56(2)38-24-50-47(55-42(38)58(36)26-31-10-9-30(23-48)68-31)53-35-11-8-28(22-39(35)66-3)43(62)51-29-14-17-57(18-15-29)19-21-67-20-16-49-25-41(61)52-34-7-5-6-32-33(34)27-59(45(32)64)37-12-13-40(60)54-44(37)63/h5-11,22,24,29,36-37,49H,4,12-21,25-27H2,1-3H3,(H,51,62)(H,52,61)(H,50,53,55)(H,54,60,63)/t36-,37?/m1/s1. The van der Waals surface area contributed by atoms with Crippen LogP contribution in [-0.2, 0) is 37.0 Å². The van der Waals surface area contributed by atoms with E-state index in [1.807, 2.05) is 17.9 Å². The van der Waals surface area contributed by atoms with E-state index in [1.165, 1.54) is 23.3 Å². The zero-order valence-electron chi connectivity index (χ0n) is 38.1. The fraction of sp³-hybridized carbons (Fsp3) is 0.426. The molecule has 0 saturated carbocycles. The first-order valence-electron chi connectivity index (χ1n) is 22.7. The van der Waals surface area contributed by atoms with Crippen LogP contribution in [0.3, 0.4) is 0 Å². The van der Waals surface area contributed by atoms with Gasteiger partial charge in [0.1, 0.15) is 34.5 Å². The second-order valence-corrected chi connectivity index (χ2v) is 18.1. The molecule has 5 N–H and O–H groups in total. The first-order valence-corrected chi connectivity index (χ1v) is 23.5. The number of hydrogen-bond donors (Lipinski definition) is 5. The Morgan fingerprint density at radius 1 is 1.03 bits per heavy atom. The molecule has 2 fully saturated rings. The molecule has 68 heavy (non-hydrogen) atoms. The molecule has 2 aromatic carbocycles. The van der Waals surface area contributed by atoms with Gasteiger partial charge in [0.05, 0.1) is 45.3 Å². The van der Waals surface area contributed by atoms with Gasteiger partial charge in [0.25, 0.3) is 11.8 Å². The van der Waals surface area contributed by atoms with Crippen LogP contribution in [0.5, 0.6) is 5.75 Å². The molecule has 0 radical (unpaired) electrons. The van der Waals surface area contributed by atoms with Crippen molar-refractivity contribution in [3.05, 3.63) is 81.2 Å². The van der Waals surface area contributed by atoms with Crippen LogP contribution in [0.15, 0.2) is 54.7 Å². The van der Waals surface area contributed by atoms with Crippen molar-refractivity contribution in [2.24, 2.45) is 0 Å². The number of aromatic nitrogens is 2. The molecule has 0 bridgehead atoms. The minimum Gasteiger partial charge on any atom is -0.495 e. The molecule has 0 aliphatic carbocycles. The highest BCUT2D eigenvalue weighted by Gasteiger charge is 2.40. The summed E-state index contributed by atoms with van der Waals surface area (Å²) in [6, 6.07) is 14.9. The van der Waals surface area contributed by atoms with E-state index in [0.29, 0.717) is 82.9 Å². The summed E-state index contributed by atoms with van der Waals surface area (Å²) in [5.74, 6) is -0.374. The number of imide groups is 1. The minimum absolute atomic E-state index is 0.00462. The van der Waals surface area contributed by atoms with Gasteiger partial charge in [-0.15, -0.1) is 11.3 Å². The van der Waals surface area contributed by atoms with E-state index in [1.54, 1.807) is 60.6 Å². The zero-order valence-corrected chi connectivity index (χ0v) is 38.9. The van der Waals surface area contributed by atoms with Crippen LogP contribution in [0.1, 0.15) is 75.1 Å². The monoisotopic (exact) mass is 946 g/mol. The molecule has 6 amide bonds. The Labute approximate surface area is 397 Å².